The van der Waals surface area contributed by atoms with Crippen molar-refractivity contribution >= 4 is 5.97 Å². The summed E-state index contributed by atoms with van der Waals surface area (Å²) in [5, 5.41) is 0. The van der Waals surface area contributed by atoms with Crippen molar-refractivity contribution < 1.29 is 9.53 Å². The number of rotatable bonds is 1. The van der Waals surface area contributed by atoms with Crippen LogP contribution in [0.3, 0.4) is 0 Å². The summed E-state index contributed by atoms with van der Waals surface area (Å²) in [5.41, 5.74) is -0.431. The van der Waals surface area contributed by atoms with Gasteiger partial charge in [0, 0.05) is 5.92 Å². The molecule has 46 valence electrons. The SMILES string of the molecule is CC(C)C1(C)OC1=O. The van der Waals surface area contributed by atoms with Crippen LogP contribution in [0.1, 0.15) is 20.8 Å². The number of carbonyl (C=O) groups is 1. The maximum atomic E-state index is 10.4. The largest absolute Gasteiger partial charge is 0.444 e. The second kappa shape index (κ2) is 1.24. The van der Waals surface area contributed by atoms with Gasteiger partial charge in [0.25, 0.3) is 0 Å². The Morgan fingerprint density at radius 3 is 2.00 bits per heavy atom. The molecule has 1 heterocycles. The standard InChI is InChI=1S/C6H10O2/c1-4(2)6(3)5(7)8-6/h4H,1-3H3. The van der Waals surface area contributed by atoms with E-state index in [2.05, 4.69) is 0 Å². The summed E-state index contributed by atoms with van der Waals surface area (Å²) in [6, 6.07) is 0. The van der Waals surface area contributed by atoms with Gasteiger partial charge in [-0.2, -0.15) is 0 Å². The Balaban J connectivity index is 2.59. The molecule has 1 fully saturated rings. The third-order valence-corrected chi connectivity index (χ3v) is 1.77. The first-order chi connectivity index (χ1) is 3.57. The molecule has 1 saturated heterocycles. The number of ether oxygens (including phenoxy) is 1. The quantitative estimate of drug-likeness (QED) is 0.475. The minimum Gasteiger partial charge on any atom is -0.444 e. The van der Waals surface area contributed by atoms with Gasteiger partial charge in [-0.05, 0) is 6.92 Å². The zero-order valence-electron chi connectivity index (χ0n) is 5.39. The van der Waals surface area contributed by atoms with Gasteiger partial charge in [0.1, 0.15) is 0 Å². The fraction of sp³-hybridized carbons (Fsp3) is 0.833. The molecule has 1 unspecified atom stereocenters. The van der Waals surface area contributed by atoms with E-state index in [0.29, 0.717) is 5.92 Å². The van der Waals surface area contributed by atoms with Crippen molar-refractivity contribution in [2.45, 2.75) is 26.4 Å². The van der Waals surface area contributed by atoms with Crippen molar-refractivity contribution in [3.63, 3.8) is 0 Å². The highest BCUT2D eigenvalue weighted by Crippen LogP contribution is 2.35. The van der Waals surface area contributed by atoms with Gasteiger partial charge in [-0.25, -0.2) is 4.79 Å². The smallest absolute Gasteiger partial charge is 0.351 e. The van der Waals surface area contributed by atoms with Gasteiger partial charge in [-0.1, -0.05) is 13.8 Å². The summed E-state index contributed by atoms with van der Waals surface area (Å²) in [6.07, 6.45) is 0. The summed E-state index contributed by atoms with van der Waals surface area (Å²) in [6.45, 7) is 5.77. The second-order valence-corrected chi connectivity index (χ2v) is 2.65. The molecule has 0 aliphatic carbocycles. The van der Waals surface area contributed by atoms with Crippen LogP contribution in [-0.4, -0.2) is 11.6 Å². The minimum atomic E-state index is -0.431. The molecule has 0 aromatic carbocycles. The van der Waals surface area contributed by atoms with Gasteiger partial charge in [0.2, 0.25) is 5.60 Å². The van der Waals surface area contributed by atoms with Crippen molar-refractivity contribution in [2.75, 3.05) is 0 Å². The van der Waals surface area contributed by atoms with Crippen molar-refractivity contribution in [3.8, 4) is 0 Å². The van der Waals surface area contributed by atoms with E-state index in [4.69, 9.17) is 4.74 Å². The lowest BCUT2D eigenvalue weighted by molar-refractivity contribution is -0.117. The van der Waals surface area contributed by atoms with Gasteiger partial charge >= 0.3 is 5.97 Å². The normalized spacial score (nSPS) is 35.2. The van der Waals surface area contributed by atoms with Crippen LogP contribution in [0.15, 0.2) is 0 Å². The minimum absolute atomic E-state index is 0.0625. The summed E-state index contributed by atoms with van der Waals surface area (Å²) in [7, 11) is 0. The second-order valence-electron chi connectivity index (χ2n) is 2.65. The van der Waals surface area contributed by atoms with E-state index in [1.54, 1.807) is 0 Å². The van der Waals surface area contributed by atoms with Crippen molar-refractivity contribution in [3.05, 3.63) is 0 Å². The maximum absolute atomic E-state index is 10.4. The first kappa shape index (κ1) is 5.60. The Morgan fingerprint density at radius 1 is 1.62 bits per heavy atom. The molecule has 8 heavy (non-hydrogen) atoms. The fourth-order valence-electron chi connectivity index (χ4n) is 0.521. The summed E-state index contributed by atoms with van der Waals surface area (Å²) in [4.78, 5) is 10.4. The number of hydrogen-bond donors (Lipinski definition) is 0. The molecule has 1 aliphatic heterocycles. The fourth-order valence-corrected chi connectivity index (χ4v) is 0.521. The van der Waals surface area contributed by atoms with Crippen LogP contribution in [0.5, 0.6) is 0 Å². The van der Waals surface area contributed by atoms with E-state index in [-0.39, 0.29) is 5.97 Å². The van der Waals surface area contributed by atoms with Crippen molar-refractivity contribution in [1.82, 2.24) is 0 Å². The van der Waals surface area contributed by atoms with Gasteiger partial charge in [0.05, 0.1) is 0 Å². The maximum Gasteiger partial charge on any atom is 0.351 e. The van der Waals surface area contributed by atoms with Crippen LogP contribution in [0.4, 0.5) is 0 Å². The van der Waals surface area contributed by atoms with E-state index < -0.39 is 5.60 Å². The number of epoxide rings is 1. The average molecular weight is 114 g/mol. The van der Waals surface area contributed by atoms with Crippen LogP contribution in [0.2, 0.25) is 0 Å². The molecule has 0 N–H and O–H groups in total. The third kappa shape index (κ3) is 0.522. The van der Waals surface area contributed by atoms with Crippen LogP contribution < -0.4 is 0 Å². The molecule has 0 bridgehead atoms. The van der Waals surface area contributed by atoms with Crippen LogP contribution in [-0.2, 0) is 9.53 Å². The first-order valence-electron chi connectivity index (χ1n) is 2.81. The van der Waals surface area contributed by atoms with Gasteiger partial charge < -0.3 is 4.74 Å². The molecular formula is C6H10O2. The lowest BCUT2D eigenvalue weighted by Crippen LogP contribution is -2.14. The van der Waals surface area contributed by atoms with Gasteiger partial charge in [0.15, 0.2) is 0 Å². The zero-order valence-corrected chi connectivity index (χ0v) is 5.39. The molecule has 1 atom stereocenters. The molecule has 0 aromatic rings. The molecule has 0 spiro atoms. The van der Waals surface area contributed by atoms with E-state index in [9.17, 15) is 4.79 Å². The molecule has 1 aliphatic rings. The summed E-state index contributed by atoms with van der Waals surface area (Å²) >= 11 is 0. The zero-order chi connectivity index (χ0) is 6.36. The van der Waals surface area contributed by atoms with E-state index in [1.165, 1.54) is 0 Å². The lowest BCUT2D eigenvalue weighted by atomic mass is 9.99. The Morgan fingerprint density at radius 2 is 2.00 bits per heavy atom. The highest BCUT2D eigenvalue weighted by molar-refractivity contribution is 5.92. The molecule has 2 nitrogen and oxygen atoms in total. The average Bonchev–Trinajstić information content (AvgIpc) is 2.17. The lowest BCUT2D eigenvalue weighted by Gasteiger charge is -2.02. The Kier molecular flexibility index (Phi) is 0.872. The number of carbonyl (C=O) groups excluding carboxylic acids is 1. The van der Waals surface area contributed by atoms with Crippen LogP contribution >= 0.6 is 0 Å². The molecule has 0 aromatic heterocycles. The van der Waals surface area contributed by atoms with Crippen LogP contribution in [0.25, 0.3) is 0 Å². The Hall–Kier alpha value is -0.530. The molecule has 0 saturated carbocycles. The highest BCUT2D eigenvalue weighted by Gasteiger charge is 2.55. The predicted octanol–water partition coefficient (Wildman–Crippen LogP) is 0.958. The Labute approximate surface area is 48.8 Å². The first-order valence-corrected chi connectivity index (χ1v) is 2.81. The van der Waals surface area contributed by atoms with Crippen LogP contribution in [0, 0.1) is 5.92 Å². The van der Waals surface area contributed by atoms with Crippen molar-refractivity contribution in [1.29, 1.82) is 0 Å². The van der Waals surface area contributed by atoms with E-state index >= 15 is 0 Å². The topological polar surface area (TPSA) is 29.6 Å². The van der Waals surface area contributed by atoms with Gasteiger partial charge in [-0.15, -0.1) is 0 Å². The number of hydrogen-bond acceptors (Lipinski definition) is 2. The van der Waals surface area contributed by atoms with Gasteiger partial charge in [-0.3, -0.25) is 0 Å². The predicted molar refractivity (Wildman–Crippen MR) is 29.3 cm³/mol. The van der Waals surface area contributed by atoms with E-state index in [1.807, 2.05) is 20.8 Å². The molecule has 0 amide bonds. The summed E-state index contributed by atoms with van der Waals surface area (Å²) < 4.78 is 4.73. The third-order valence-electron chi connectivity index (χ3n) is 1.77. The number of cyclic esters (lactones) is 1. The molecule has 1 rings (SSSR count). The molecular weight excluding hydrogens is 104 g/mol. The molecule has 0 radical (unpaired) electrons. The Bertz CT molecular complexity index is 128. The van der Waals surface area contributed by atoms with E-state index in [0.717, 1.165) is 0 Å². The molecule has 2 heteroatoms. The van der Waals surface area contributed by atoms with Crippen molar-refractivity contribution in [2.24, 2.45) is 5.92 Å². The summed E-state index contributed by atoms with van der Waals surface area (Å²) in [5.74, 6) is 0.252. The monoisotopic (exact) mass is 114 g/mol. The highest BCUT2D eigenvalue weighted by atomic mass is 16.7.